The van der Waals surface area contributed by atoms with E-state index in [-0.39, 0.29) is 0 Å². The van der Waals surface area contributed by atoms with Gasteiger partial charge in [0.05, 0.1) is 11.0 Å². The molecule has 2 aliphatic rings. The van der Waals surface area contributed by atoms with Crippen molar-refractivity contribution in [2.24, 2.45) is 0 Å². The van der Waals surface area contributed by atoms with Crippen molar-refractivity contribution in [3.05, 3.63) is 182 Å². The van der Waals surface area contributed by atoms with Crippen molar-refractivity contribution >= 4 is 27.5 Å². The van der Waals surface area contributed by atoms with Crippen molar-refractivity contribution in [2.45, 2.75) is 0 Å². The highest BCUT2D eigenvalue weighted by Crippen LogP contribution is 2.48. The minimum atomic E-state index is 0.763. The standard InChI is InChI=1S/C47H32N2O2/c1-2-12-34(13-3-1)49-42-18-7-4-14-35(42)36-24-21-31(28-43(36)49)32-22-25-39-40-26-23-33(41-17-10-11-27-48-41)30-47(40)51-45-20-9-6-16-38(45)37-15-5-8-19-44(37)50-46(39)29-32/h1-26,28-30,48H,27H2. The zero-order chi connectivity index (χ0) is 33.7. The van der Waals surface area contributed by atoms with E-state index in [1.165, 1.54) is 16.3 Å². The maximum absolute atomic E-state index is 6.98. The van der Waals surface area contributed by atoms with Crippen molar-refractivity contribution in [1.29, 1.82) is 0 Å². The van der Waals surface area contributed by atoms with Crippen LogP contribution in [0.25, 0.3) is 66.6 Å². The third-order valence-electron chi connectivity index (χ3n) is 9.90. The molecular formula is C47H32N2O2. The van der Waals surface area contributed by atoms with Crippen molar-refractivity contribution in [3.63, 3.8) is 0 Å². The lowest BCUT2D eigenvalue weighted by Gasteiger charge is -2.22. The first-order valence-corrected chi connectivity index (χ1v) is 17.3. The van der Waals surface area contributed by atoms with E-state index in [2.05, 4.69) is 149 Å². The number of rotatable bonds is 3. The molecule has 0 saturated heterocycles. The largest absolute Gasteiger partial charge is 0.456 e. The number of nitrogens with zero attached hydrogens (tertiary/aromatic N) is 1. The summed E-state index contributed by atoms with van der Waals surface area (Å²) in [6.45, 7) is 0.792. The number of hydrogen-bond acceptors (Lipinski definition) is 3. The second-order valence-electron chi connectivity index (χ2n) is 12.9. The predicted molar refractivity (Wildman–Crippen MR) is 209 cm³/mol. The summed E-state index contributed by atoms with van der Waals surface area (Å²) in [7, 11) is 0. The Hall–Kier alpha value is -6.78. The second kappa shape index (κ2) is 12.0. The lowest BCUT2D eigenvalue weighted by atomic mass is 9.95. The molecule has 1 aromatic heterocycles. The molecule has 0 fully saturated rings. The number of hydrogen-bond donors (Lipinski definition) is 1. The molecule has 3 heterocycles. The topological polar surface area (TPSA) is 35.4 Å². The normalized spacial score (nSPS) is 13.1. The van der Waals surface area contributed by atoms with Crippen LogP contribution in [0.3, 0.4) is 0 Å². The van der Waals surface area contributed by atoms with Gasteiger partial charge in [0.25, 0.3) is 0 Å². The zero-order valence-electron chi connectivity index (χ0n) is 27.7. The Labute approximate surface area is 296 Å². The molecule has 51 heavy (non-hydrogen) atoms. The summed E-state index contributed by atoms with van der Waals surface area (Å²) >= 11 is 0. The zero-order valence-corrected chi connectivity index (χ0v) is 27.7. The number of allylic oxidation sites excluding steroid dienone is 2. The highest BCUT2D eigenvalue weighted by Gasteiger charge is 2.22. The summed E-state index contributed by atoms with van der Waals surface area (Å²) in [5.41, 5.74) is 11.7. The molecule has 0 spiro atoms. The summed E-state index contributed by atoms with van der Waals surface area (Å²) in [4.78, 5) is 0. The minimum absolute atomic E-state index is 0.763. The summed E-state index contributed by atoms with van der Waals surface area (Å²) in [6.07, 6.45) is 6.30. The van der Waals surface area contributed by atoms with Crippen molar-refractivity contribution in [1.82, 2.24) is 9.88 Å². The molecule has 0 bridgehead atoms. The van der Waals surface area contributed by atoms with Gasteiger partial charge in [-0.15, -0.1) is 0 Å². The Morgan fingerprint density at radius 3 is 1.75 bits per heavy atom. The molecule has 0 saturated carbocycles. The Balaban J connectivity index is 1.18. The van der Waals surface area contributed by atoms with E-state index in [0.717, 1.165) is 85.4 Å². The van der Waals surface area contributed by atoms with Crippen LogP contribution < -0.4 is 14.8 Å². The van der Waals surface area contributed by atoms with Crippen molar-refractivity contribution in [3.8, 4) is 62.1 Å². The van der Waals surface area contributed by atoms with Crippen LogP contribution in [0.2, 0.25) is 0 Å². The smallest absolute Gasteiger partial charge is 0.136 e. The molecular weight excluding hydrogens is 625 g/mol. The first kappa shape index (κ1) is 29.2. The van der Waals surface area contributed by atoms with Gasteiger partial charge in [-0.1, -0.05) is 109 Å². The average Bonchev–Trinajstić information content (AvgIpc) is 3.53. The van der Waals surface area contributed by atoms with Crippen molar-refractivity contribution < 1.29 is 9.47 Å². The Morgan fingerprint density at radius 2 is 1.02 bits per heavy atom. The highest BCUT2D eigenvalue weighted by molar-refractivity contribution is 6.10. The molecule has 0 amide bonds. The van der Waals surface area contributed by atoms with Gasteiger partial charge in [-0.05, 0) is 77.9 Å². The van der Waals surface area contributed by atoms with E-state index in [0.29, 0.717) is 0 Å². The first-order chi connectivity index (χ1) is 25.3. The molecule has 10 rings (SSSR count). The molecule has 2 aliphatic heterocycles. The fraction of sp³-hybridized carbons (Fsp3) is 0.0213. The van der Waals surface area contributed by atoms with Gasteiger partial charge < -0.3 is 19.4 Å². The van der Waals surface area contributed by atoms with E-state index in [4.69, 9.17) is 9.47 Å². The van der Waals surface area contributed by atoms with Crippen LogP contribution in [0, 0.1) is 0 Å². The monoisotopic (exact) mass is 656 g/mol. The van der Waals surface area contributed by atoms with Gasteiger partial charge in [-0.2, -0.15) is 0 Å². The Bertz CT molecular complexity index is 2700. The first-order valence-electron chi connectivity index (χ1n) is 17.3. The average molecular weight is 657 g/mol. The number of ether oxygens (including phenoxy) is 2. The molecule has 0 unspecified atom stereocenters. The maximum Gasteiger partial charge on any atom is 0.136 e. The number of fused-ring (bicyclic) bond motifs is 9. The number of para-hydroxylation sites is 4. The molecule has 242 valence electrons. The van der Waals surface area contributed by atoms with Crippen LogP contribution in [-0.2, 0) is 0 Å². The van der Waals surface area contributed by atoms with Crippen LogP contribution in [0.4, 0.5) is 0 Å². The Kier molecular flexibility index (Phi) is 6.85. The maximum atomic E-state index is 6.98. The molecule has 1 N–H and O–H groups in total. The van der Waals surface area contributed by atoms with Crippen LogP contribution in [0.5, 0.6) is 23.0 Å². The van der Waals surface area contributed by atoms with Crippen LogP contribution in [-0.4, -0.2) is 11.1 Å². The van der Waals surface area contributed by atoms with Crippen LogP contribution >= 0.6 is 0 Å². The summed E-state index contributed by atoms with van der Waals surface area (Å²) in [5, 5.41) is 5.96. The minimum Gasteiger partial charge on any atom is -0.456 e. The second-order valence-corrected chi connectivity index (χ2v) is 12.9. The lowest BCUT2D eigenvalue weighted by Crippen LogP contribution is -2.14. The fourth-order valence-corrected chi connectivity index (χ4v) is 7.46. The van der Waals surface area contributed by atoms with Gasteiger partial charge in [0, 0.05) is 56.5 Å². The highest BCUT2D eigenvalue weighted by atomic mass is 16.5. The molecule has 0 aliphatic carbocycles. The molecule has 0 radical (unpaired) electrons. The summed E-state index contributed by atoms with van der Waals surface area (Å²) in [6, 6.07) is 55.3. The SMILES string of the molecule is C1=CCNC(c2ccc3c(c2)Oc2ccccc2-c2ccccc2Oc2cc(-c4ccc5c6ccccc6n(-c6ccccc6)c5c4)ccc2-3)=C1. The molecule has 7 aromatic carbocycles. The third-order valence-corrected chi connectivity index (χ3v) is 9.90. The Morgan fingerprint density at radius 1 is 0.451 bits per heavy atom. The predicted octanol–water partition coefficient (Wildman–Crippen LogP) is 12.2. The number of dihydropyridines is 1. The van der Waals surface area contributed by atoms with Gasteiger partial charge in [0.2, 0.25) is 0 Å². The molecule has 8 aromatic rings. The van der Waals surface area contributed by atoms with Gasteiger partial charge in [-0.25, -0.2) is 0 Å². The number of aromatic nitrogens is 1. The van der Waals surface area contributed by atoms with Gasteiger partial charge >= 0.3 is 0 Å². The quantitative estimate of drug-likeness (QED) is 0.206. The molecule has 4 heteroatoms. The van der Waals surface area contributed by atoms with Gasteiger partial charge in [-0.3, -0.25) is 0 Å². The van der Waals surface area contributed by atoms with E-state index in [1.54, 1.807) is 0 Å². The summed E-state index contributed by atoms with van der Waals surface area (Å²) < 4.78 is 16.2. The van der Waals surface area contributed by atoms with E-state index < -0.39 is 0 Å². The molecule has 4 nitrogen and oxygen atoms in total. The van der Waals surface area contributed by atoms with Crippen LogP contribution in [0.1, 0.15) is 5.56 Å². The van der Waals surface area contributed by atoms with E-state index in [1.807, 2.05) is 36.4 Å². The summed E-state index contributed by atoms with van der Waals surface area (Å²) in [5.74, 6) is 3.08. The molecule has 0 atom stereocenters. The third kappa shape index (κ3) is 5.00. The lowest BCUT2D eigenvalue weighted by molar-refractivity contribution is 0.472. The fourth-order valence-electron chi connectivity index (χ4n) is 7.46. The van der Waals surface area contributed by atoms with E-state index in [9.17, 15) is 0 Å². The van der Waals surface area contributed by atoms with Gasteiger partial charge in [0.1, 0.15) is 23.0 Å². The van der Waals surface area contributed by atoms with E-state index >= 15 is 0 Å². The van der Waals surface area contributed by atoms with Crippen LogP contribution in [0.15, 0.2) is 176 Å². The number of nitrogens with one attached hydrogen (secondary N) is 1. The van der Waals surface area contributed by atoms with Gasteiger partial charge in [0.15, 0.2) is 0 Å². The van der Waals surface area contributed by atoms with Crippen molar-refractivity contribution in [2.75, 3.05) is 6.54 Å². The number of benzene rings is 7.